The normalized spacial score (nSPS) is 15.4. The number of carbonyl (C=O) groups excluding carboxylic acids is 1. The van der Waals surface area contributed by atoms with Gasteiger partial charge in [0.1, 0.15) is 10.6 Å². The summed E-state index contributed by atoms with van der Waals surface area (Å²) in [6.07, 6.45) is 1.22. The molecule has 5 nitrogen and oxygen atoms in total. The van der Waals surface area contributed by atoms with Crippen molar-refractivity contribution in [3.05, 3.63) is 69.4 Å². The zero-order valence-electron chi connectivity index (χ0n) is 16.9. The van der Waals surface area contributed by atoms with Crippen LogP contribution in [0.2, 0.25) is 0 Å². The molecule has 3 aromatic rings. The second kappa shape index (κ2) is 8.32. The summed E-state index contributed by atoms with van der Waals surface area (Å²) in [7, 11) is 0. The third kappa shape index (κ3) is 3.83. The molecule has 0 bridgehead atoms. The standard InChI is InChI=1S/C24H23NO4S/c1-3-12-29-17-10-8-15(9-11-17)18-13-19(26)25-21-20(16-6-4-14(2)5-7-16)23(24(27)28)30-22(18)21/h4-11,18H,3,12-13H2,1-2H3,(H,25,26)(H,27,28)/t18-/m0/s1. The van der Waals surface area contributed by atoms with Gasteiger partial charge in [-0.25, -0.2) is 4.79 Å². The molecule has 2 heterocycles. The van der Waals surface area contributed by atoms with Crippen molar-refractivity contribution in [1.29, 1.82) is 0 Å². The molecule has 0 unspecified atom stereocenters. The van der Waals surface area contributed by atoms with Gasteiger partial charge in [-0.15, -0.1) is 11.3 Å². The van der Waals surface area contributed by atoms with Gasteiger partial charge in [0.2, 0.25) is 5.91 Å². The first-order valence-electron chi connectivity index (χ1n) is 9.97. The summed E-state index contributed by atoms with van der Waals surface area (Å²) in [5, 5.41) is 12.8. The summed E-state index contributed by atoms with van der Waals surface area (Å²) < 4.78 is 5.66. The smallest absolute Gasteiger partial charge is 0.346 e. The van der Waals surface area contributed by atoms with Crippen LogP contribution in [0.5, 0.6) is 5.75 Å². The van der Waals surface area contributed by atoms with E-state index >= 15 is 0 Å². The first kappa shape index (κ1) is 20.2. The van der Waals surface area contributed by atoms with Crippen LogP contribution in [0.15, 0.2) is 48.5 Å². The Labute approximate surface area is 179 Å². The van der Waals surface area contributed by atoms with E-state index in [4.69, 9.17) is 4.74 Å². The number of rotatable bonds is 6. The van der Waals surface area contributed by atoms with E-state index in [0.717, 1.165) is 33.7 Å². The zero-order valence-corrected chi connectivity index (χ0v) is 17.7. The van der Waals surface area contributed by atoms with Gasteiger partial charge in [0.15, 0.2) is 0 Å². The number of benzene rings is 2. The van der Waals surface area contributed by atoms with Crippen LogP contribution in [-0.4, -0.2) is 23.6 Å². The summed E-state index contributed by atoms with van der Waals surface area (Å²) in [6, 6.07) is 15.4. The first-order chi connectivity index (χ1) is 14.5. The van der Waals surface area contributed by atoms with E-state index in [1.165, 1.54) is 11.3 Å². The van der Waals surface area contributed by atoms with Crippen LogP contribution in [0, 0.1) is 6.92 Å². The highest BCUT2D eigenvalue weighted by atomic mass is 32.1. The van der Waals surface area contributed by atoms with Crippen molar-refractivity contribution < 1.29 is 19.4 Å². The van der Waals surface area contributed by atoms with Gasteiger partial charge in [-0.3, -0.25) is 4.79 Å². The molecule has 0 fully saturated rings. The van der Waals surface area contributed by atoms with Gasteiger partial charge >= 0.3 is 5.97 Å². The maximum Gasteiger partial charge on any atom is 0.346 e. The summed E-state index contributed by atoms with van der Waals surface area (Å²) in [6.45, 7) is 4.69. The van der Waals surface area contributed by atoms with E-state index in [2.05, 4.69) is 12.2 Å². The molecular formula is C24H23NO4S. The number of aryl methyl sites for hydroxylation is 1. The number of thiophene rings is 1. The Morgan fingerprint density at radius 2 is 1.87 bits per heavy atom. The molecule has 0 radical (unpaired) electrons. The molecule has 0 saturated heterocycles. The topological polar surface area (TPSA) is 75.6 Å². The minimum atomic E-state index is -0.985. The predicted molar refractivity (Wildman–Crippen MR) is 119 cm³/mol. The second-order valence-corrected chi connectivity index (χ2v) is 8.49. The fourth-order valence-corrected chi connectivity index (χ4v) is 4.96. The van der Waals surface area contributed by atoms with Gasteiger partial charge in [0.05, 0.1) is 12.3 Å². The van der Waals surface area contributed by atoms with E-state index in [1.807, 2.05) is 55.5 Å². The van der Waals surface area contributed by atoms with Crippen molar-refractivity contribution in [2.75, 3.05) is 11.9 Å². The SMILES string of the molecule is CCCOc1ccc([C@@H]2CC(=O)Nc3c2sc(C(=O)O)c3-c2ccc(C)cc2)cc1. The molecule has 4 rings (SSSR count). The van der Waals surface area contributed by atoms with Gasteiger partial charge in [-0.2, -0.15) is 0 Å². The summed E-state index contributed by atoms with van der Waals surface area (Å²) in [4.78, 5) is 25.7. The Kier molecular flexibility index (Phi) is 5.59. The number of fused-ring (bicyclic) bond motifs is 1. The largest absolute Gasteiger partial charge is 0.494 e. The van der Waals surface area contributed by atoms with E-state index in [1.54, 1.807) is 0 Å². The van der Waals surface area contributed by atoms with Crippen molar-refractivity contribution in [1.82, 2.24) is 0 Å². The highest BCUT2D eigenvalue weighted by molar-refractivity contribution is 7.15. The lowest BCUT2D eigenvalue weighted by atomic mass is 9.88. The Morgan fingerprint density at radius 1 is 1.17 bits per heavy atom. The molecule has 2 N–H and O–H groups in total. The van der Waals surface area contributed by atoms with E-state index in [-0.39, 0.29) is 23.1 Å². The van der Waals surface area contributed by atoms with Crippen molar-refractivity contribution in [3.63, 3.8) is 0 Å². The average Bonchev–Trinajstić information content (AvgIpc) is 3.12. The number of anilines is 1. The van der Waals surface area contributed by atoms with Gasteiger partial charge < -0.3 is 15.2 Å². The lowest BCUT2D eigenvalue weighted by Gasteiger charge is -2.24. The quantitative estimate of drug-likeness (QED) is 0.536. The van der Waals surface area contributed by atoms with Crippen LogP contribution in [0.25, 0.3) is 11.1 Å². The van der Waals surface area contributed by atoms with Crippen LogP contribution in [0.3, 0.4) is 0 Å². The third-order valence-corrected chi connectivity index (χ3v) is 6.49. The maximum atomic E-state index is 12.6. The van der Waals surface area contributed by atoms with Gasteiger partial charge in [-0.1, -0.05) is 48.9 Å². The number of carbonyl (C=O) groups is 2. The molecule has 30 heavy (non-hydrogen) atoms. The summed E-state index contributed by atoms with van der Waals surface area (Å²) >= 11 is 1.25. The second-order valence-electron chi connectivity index (χ2n) is 7.44. The molecule has 1 aliphatic rings. The van der Waals surface area contributed by atoms with Crippen molar-refractivity contribution in [2.24, 2.45) is 0 Å². The van der Waals surface area contributed by atoms with Crippen molar-refractivity contribution in [2.45, 2.75) is 32.6 Å². The monoisotopic (exact) mass is 421 g/mol. The Balaban J connectivity index is 1.79. The fraction of sp³-hybridized carbons (Fsp3) is 0.250. The number of carboxylic acid groups (broad SMARTS) is 1. The number of carboxylic acids is 1. The van der Waals surface area contributed by atoms with Crippen LogP contribution < -0.4 is 10.1 Å². The average molecular weight is 422 g/mol. The molecule has 0 aliphatic carbocycles. The Hall–Kier alpha value is -3.12. The predicted octanol–water partition coefficient (Wildman–Crippen LogP) is 5.68. The molecule has 1 aliphatic heterocycles. The molecular weight excluding hydrogens is 398 g/mol. The van der Waals surface area contributed by atoms with Crippen LogP contribution in [0.1, 0.15) is 51.4 Å². The number of aromatic carboxylic acids is 1. The highest BCUT2D eigenvalue weighted by Gasteiger charge is 2.34. The summed E-state index contributed by atoms with van der Waals surface area (Å²) in [5.74, 6) is -0.488. The van der Waals surface area contributed by atoms with Crippen LogP contribution >= 0.6 is 11.3 Å². The first-order valence-corrected chi connectivity index (χ1v) is 10.8. The minimum absolute atomic E-state index is 0.109. The molecule has 6 heteroatoms. The van der Waals surface area contributed by atoms with Crippen LogP contribution in [-0.2, 0) is 4.79 Å². The Bertz CT molecular complexity index is 1080. The third-order valence-electron chi connectivity index (χ3n) is 5.20. The zero-order chi connectivity index (χ0) is 21.3. The van der Waals surface area contributed by atoms with Crippen molar-refractivity contribution in [3.8, 4) is 16.9 Å². The number of hydrogen-bond acceptors (Lipinski definition) is 4. The lowest BCUT2D eigenvalue weighted by Crippen LogP contribution is -2.22. The van der Waals surface area contributed by atoms with Crippen molar-refractivity contribution >= 4 is 28.9 Å². The molecule has 154 valence electrons. The number of hydrogen-bond donors (Lipinski definition) is 2. The van der Waals surface area contributed by atoms with Gasteiger partial charge in [0, 0.05) is 22.8 Å². The number of amides is 1. The van der Waals surface area contributed by atoms with Crippen LogP contribution in [0.4, 0.5) is 5.69 Å². The molecule has 1 amide bonds. The highest BCUT2D eigenvalue weighted by Crippen LogP contribution is 2.49. The Morgan fingerprint density at radius 3 is 2.50 bits per heavy atom. The molecule has 0 spiro atoms. The molecule has 0 saturated carbocycles. The van der Waals surface area contributed by atoms with Gasteiger partial charge in [-0.05, 0) is 36.6 Å². The minimum Gasteiger partial charge on any atom is -0.494 e. The number of nitrogens with one attached hydrogen (secondary N) is 1. The van der Waals surface area contributed by atoms with E-state index in [9.17, 15) is 14.7 Å². The van der Waals surface area contributed by atoms with E-state index in [0.29, 0.717) is 17.9 Å². The lowest BCUT2D eigenvalue weighted by molar-refractivity contribution is -0.116. The van der Waals surface area contributed by atoms with E-state index < -0.39 is 5.97 Å². The molecule has 2 aromatic carbocycles. The molecule has 1 atom stereocenters. The molecule has 1 aromatic heterocycles. The maximum absolute atomic E-state index is 12.6. The summed E-state index contributed by atoms with van der Waals surface area (Å²) in [5.41, 5.74) is 4.06. The fourth-order valence-electron chi connectivity index (χ4n) is 3.72. The van der Waals surface area contributed by atoms with Gasteiger partial charge in [0.25, 0.3) is 0 Å². The number of ether oxygens (including phenoxy) is 1.